The highest BCUT2D eigenvalue weighted by molar-refractivity contribution is 6.35. The number of benzene rings is 3. The number of ether oxygens (including phenoxy) is 1. The number of hydrogen-bond donors (Lipinski definition) is 2. The van der Waals surface area contributed by atoms with Crippen LogP contribution in [0.3, 0.4) is 0 Å². The summed E-state index contributed by atoms with van der Waals surface area (Å²) in [6.45, 7) is 1.71. The van der Waals surface area contributed by atoms with E-state index in [1.54, 1.807) is 36.4 Å². The van der Waals surface area contributed by atoms with Crippen molar-refractivity contribution in [2.75, 3.05) is 17.2 Å². The van der Waals surface area contributed by atoms with Crippen LogP contribution in [0.25, 0.3) is 0 Å². The predicted octanol–water partition coefficient (Wildman–Crippen LogP) is 5.57. The van der Waals surface area contributed by atoms with Gasteiger partial charge in [-0.2, -0.15) is 0 Å². The van der Waals surface area contributed by atoms with Crippen molar-refractivity contribution >= 4 is 46.4 Å². The second-order valence-corrected chi connectivity index (χ2v) is 7.16. The Hall–Kier alpha value is -3.02. The van der Waals surface area contributed by atoms with Crippen molar-refractivity contribution < 1.29 is 14.3 Å². The molecule has 5 nitrogen and oxygen atoms in total. The fourth-order valence-corrected chi connectivity index (χ4v) is 3.06. The molecule has 2 N–H and O–H groups in total. The first-order valence-corrected chi connectivity index (χ1v) is 9.52. The zero-order valence-electron chi connectivity index (χ0n) is 15.5. The van der Waals surface area contributed by atoms with Gasteiger partial charge in [-0.25, -0.2) is 0 Å². The second-order valence-electron chi connectivity index (χ2n) is 6.32. The molecule has 0 atom stereocenters. The smallest absolute Gasteiger partial charge is 0.262 e. The summed E-state index contributed by atoms with van der Waals surface area (Å²) >= 11 is 11.9. The van der Waals surface area contributed by atoms with Crippen LogP contribution in [-0.2, 0) is 4.79 Å². The van der Waals surface area contributed by atoms with E-state index in [-0.39, 0.29) is 18.4 Å². The second kappa shape index (κ2) is 9.45. The van der Waals surface area contributed by atoms with Crippen LogP contribution in [0.1, 0.15) is 15.9 Å². The van der Waals surface area contributed by atoms with E-state index >= 15 is 0 Å². The number of amides is 2. The van der Waals surface area contributed by atoms with Crippen molar-refractivity contribution in [1.82, 2.24) is 0 Å². The largest absolute Gasteiger partial charge is 0.482 e. The highest BCUT2D eigenvalue weighted by Crippen LogP contribution is 2.27. The monoisotopic (exact) mass is 428 g/mol. The van der Waals surface area contributed by atoms with E-state index < -0.39 is 0 Å². The first-order chi connectivity index (χ1) is 13.9. The van der Waals surface area contributed by atoms with Gasteiger partial charge in [0, 0.05) is 22.0 Å². The molecule has 0 saturated carbocycles. The topological polar surface area (TPSA) is 67.4 Å². The van der Waals surface area contributed by atoms with E-state index in [2.05, 4.69) is 10.6 Å². The molecular weight excluding hydrogens is 411 g/mol. The third kappa shape index (κ3) is 5.98. The maximum atomic E-state index is 12.5. The SMILES string of the molecule is Cc1cccc(NC(=O)c2cccc(NC(=O)COc3ccc(Cl)cc3Cl)c2)c1. The molecule has 3 rings (SSSR count). The van der Waals surface area contributed by atoms with Gasteiger partial charge in [0.05, 0.1) is 5.02 Å². The van der Waals surface area contributed by atoms with Crippen LogP contribution in [0, 0.1) is 6.92 Å². The number of hydrogen-bond acceptors (Lipinski definition) is 3. The molecule has 0 aliphatic carbocycles. The molecule has 2 amide bonds. The quantitative estimate of drug-likeness (QED) is 0.538. The molecule has 7 heteroatoms. The van der Waals surface area contributed by atoms with Gasteiger partial charge >= 0.3 is 0 Å². The molecule has 0 radical (unpaired) electrons. The highest BCUT2D eigenvalue weighted by Gasteiger charge is 2.10. The number of carbonyl (C=O) groups excluding carboxylic acids is 2. The van der Waals surface area contributed by atoms with E-state index in [1.165, 1.54) is 6.07 Å². The Labute approximate surface area is 178 Å². The van der Waals surface area contributed by atoms with Gasteiger partial charge in [0.15, 0.2) is 6.61 Å². The third-order valence-electron chi connectivity index (χ3n) is 3.94. The molecule has 0 spiro atoms. The molecule has 0 heterocycles. The number of carbonyl (C=O) groups is 2. The van der Waals surface area contributed by atoms with Gasteiger partial charge < -0.3 is 15.4 Å². The van der Waals surface area contributed by atoms with Gasteiger partial charge in [0.2, 0.25) is 0 Å². The van der Waals surface area contributed by atoms with Crippen molar-refractivity contribution in [3.63, 3.8) is 0 Å². The van der Waals surface area contributed by atoms with Crippen LogP contribution in [0.2, 0.25) is 10.0 Å². The Bertz CT molecular complexity index is 1050. The molecule has 0 aliphatic heterocycles. The zero-order valence-corrected chi connectivity index (χ0v) is 17.1. The Morgan fingerprint density at radius 3 is 2.34 bits per heavy atom. The summed E-state index contributed by atoms with van der Waals surface area (Å²) in [4.78, 5) is 24.6. The van der Waals surface area contributed by atoms with Gasteiger partial charge in [0.25, 0.3) is 11.8 Å². The normalized spacial score (nSPS) is 10.3. The maximum Gasteiger partial charge on any atom is 0.262 e. The van der Waals surface area contributed by atoms with Crippen molar-refractivity contribution in [1.29, 1.82) is 0 Å². The summed E-state index contributed by atoms with van der Waals surface area (Å²) in [5.41, 5.74) is 2.66. The lowest BCUT2D eigenvalue weighted by atomic mass is 10.1. The fraction of sp³-hybridized carbons (Fsp3) is 0.0909. The molecule has 0 aliphatic rings. The summed E-state index contributed by atoms with van der Waals surface area (Å²) in [5, 5.41) is 6.33. The molecule has 0 bridgehead atoms. The standard InChI is InChI=1S/C22H18Cl2N2O3/c1-14-4-2-6-17(10-14)26-22(28)15-5-3-7-18(11-15)25-21(27)13-29-20-9-8-16(23)12-19(20)24/h2-12H,13H2,1H3,(H,25,27)(H,26,28). The van der Waals surface area contributed by atoms with Gasteiger partial charge in [0.1, 0.15) is 5.75 Å². The molecule has 148 valence electrons. The van der Waals surface area contributed by atoms with Crippen LogP contribution in [0.4, 0.5) is 11.4 Å². The maximum absolute atomic E-state index is 12.5. The summed E-state index contributed by atoms with van der Waals surface area (Å²) in [6.07, 6.45) is 0. The molecule has 3 aromatic rings. The van der Waals surface area contributed by atoms with Crippen LogP contribution < -0.4 is 15.4 Å². The van der Waals surface area contributed by atoms with Gasteiger partial charge in [-0.15, -0.1) is 0 Å². The van der Waals surface area contributed by atoms with Gasteiger partial charge in [-0.05, 0) is 61.0 Å². The number of rotatable bonds is 6. The summed E-state index contributed by atoms with van der Waals surface area (Å²) < 4.78 is 5.41. The minimum absolute atomic E-state index is 0.235. The van der Waals surface area contributed by atoms with Gasteiger partial charge in [-0.1, -0.05) is 41.4 Å². The first kappa shape index (κ1) is 20.7. The third-order valence-corrected chi connectivity index (χ3v) is 4.47. The van der Waals surface area contributed by atoms with E-state index in [0.717, 1.165) is 5.56 Å². The van der Waals surface area contributed by atoms with Crippen molar-refractivity contribution in [3.8, 4) is 5.75 Å². The lowest BCUT2D eigenvalue weighted by Gasteiger charge is -2.10. The van der Waals surface area contributed by atoms with Crippen molar-refractivity contribution in [2.45, 2.75) is 6.92 Å². The Balaban J connectivity index is 1.60. The Morgan fingerprint density at radius 1 is 0.897 bits per heavy atom. The van der Waals surface area contributed by atoms with Crippen LogP contribution >= 0.6 is 23.2 Å². The van der Waals surface area contributed by atoms with Crippen molar-refractivity contribution in [3.05, 3.63) is 87.9 Å². The zero-order chi connectivity index (χ0) is 20.8. The average Bonchev–Trinajstić information content (AvgIpc) is 2.67. The number of halogens is 2. The fourth-order valence-electron chi connectivity index (χ4n) is 2.60. The summed E-state index contributed by atoms with van der Waals surface area (Å²) in [7, 11) is 0. The lowest BCUT2D eigenvalue weighted by molar-refractivity contribution is -0.118. The molecule has 0 saturated heterocycles. The van der Waals surface area contributed by atoms with E-state index in [0.29, 0.717) is 32.7 Å². The molecule has 0 aromatic heterocycles. The first-order valence-electron chi connectivity index (χ1n) is 8.76. The minimum atomic E-state index is -0.382. The number of anilines is 2. The number of aryl methyl sites for hydroxylation is 1. The van der Waals surface area contributed by atoms with Crippen LogP contribution in [0.5, 0.6) is 5.75 Å². The summed E-state index contributed by atoms with van der Waals surface area (Å²) in [5.74, 6) is -0.291. The number of nitrogens with one attached hydrogen (secondary N) is 2. The molecule has 0 fully saturated rings. The lowest BCUT2D eigenvalue weighted by Crippen LogP contribution is -2.20. The predicted molar refractivity (Wildman–Crippen MR) is 116 cm³/mol. The van der Waals surface area contributed by atoms with Crippen molar-refractivity contribution in [2.24, 2.45) is 0 Å². The van der Waals surface area contributed by atoms with E-state index in [1.807, 2.05) is 31.2 Å². The van der Waals surface area contributed by atoms with Crippen LogP contribution in [0.15, 0.2) is 66.7 Å². The Kier molecular flexibility index (Phi) is 6.75. The molecule has 0 unspecified atom stereocenters. The molecule has 3 aromatic carbocycles. The van der Waals surface area contributed by atoms with E-state index in [4.69, 9.17) is 27.9 Å². The van der Waals surface area contributed by atoms with Crippen LogP contribution in [-0.4, -0.2) is 18.4 Å². The Morgan fingerprint density at radius 2 is 1.62 bits per heavy atom. The molecular formula is C22H18Cl2N2O3. The summed E-state index contributed by atoms with van der Waals surface area (Å²) in [6, 6.07) is 18.9. The van der Waals surface area contributed by atoms with Gasteiger partial charge in [-0.3, -0.25) is 9.59 Å². The molecule has 29 heavy (non-hydrogen) atoms. The minimum Gasteiger partial charge on any atom is -0.482 e. The average molecular weight is 429 g/mol. The van der Waals surface area contributed by atoms with E-state index in [9.17, 15) is 9.59 Å². The highest BCUT2D eigenvalue weighted by atomic mass is 35.5.